The largest absolute Gasteiger partial charge is 0.460 e. The van der Waals surface area contributed by atoms with Gasteiger partial charge in [0.1, 0.15) is 11.7 Å². The van der Waals surface area contributed by atoms with Crippen molar-refractivity contribution in [1.29, 1.82) is 0 Å². The molecule has 1 fully saturated rings. The van der Waals surface area contributed by atoms with Crippen LogP contribution < -0.4 is 9.30 Å². The molecule has 0 atom stereocenters. The van der Waals surface area contributed by atoms with Crippen molar-refractivity contribution in [3.63, 3.8) is 0 Å². The van der Waals surface area contributed by atoms with Gasteiger partial charge in [0.15, 0.2) is 16.9 Å². The molecular formula is C26H42BrClN3O4Si+. The first kappa shape index (κ1) is 29.4. The number of carbonyl (C=O) groups is 1. The van der Waals surface area contributed by atoms with Crippen LogP contribution in [0.15, 0.2) is 10.7 Å². The van der Waals surface area contributed by atoms with Gasteiger partial charge in [-0.3, -0.25) is 4.79 Å². The van der Waals surface area contributed by atoms with Crippen LogP contribution in [0.4, 0.5) is 0 Å². The molecule has 2 aromatic heterocycles. The first-order chi connectivity index (χ1) is 16.6. The quantitative estimate of drug-likeness (QED) is 0.111. The van der Waals surface area contributed by atoms with Crippen LogP contribution in [0.1, 0.15) is 60.3 Å². The summed E-state index contributed by atoms with van der Waals surface area (Å²) in [6, 6.07) is 3.56. The van der Waals surface area contributed by atoms with E-state index in [1.807, 2.05) is 45.3 Å². The Morgan fingerprint density at radius 1 is 1.19 bits per heavy atom. The number of nitrogens with zero attached hydrogens (tertiary/aromatic N) is 2. The van der Waals surface area contributed by atoms with E-state index in [0.29, 0.717) is 29.0 Å². The zero-order chi connectivity index (χ0) is 26.9. The van der Waals surface area contributed by atoms with E-state index in [-0.39, 0.29) is 18.0 Å². The summed E-state index contributed by atoms with van der Waals surface area (Å²) in [5.74, 6) is 0.125. The van der Waals surface area contributed by atoms with Crippen LogP contribution in [0, 0.1) is 11.3 Å². The average Bonchev–Trinajstić information content (AvgIpc) is 3.05. The number of hydrogen-bond acceptors (Lipinski definition) is 5. The van der Waals surface area contributed by atoms with Gasteiger partial charge in [-0.25, -0.2) is 4.98 Å². The molecule has 2 heterocycles. The number of imidazole rings is 1. The molecule has 0 saturated heterocycles. The van der Waals surface area contributed by atoms with Crippen molar-refractivity contribution >= 4 is 52.7 Å². The molecule has 36 heavy (non-hydrogen) atoms. The molecule has 0 spiro atoms. The zero-order valence-corrected chi connectivity index (χ0v) is 26.3. The number of pyridine rings is 1. The summed E-state index contributed by atoms with van der Waals surface area (Å²) in [4.78, 5) is 20.8. The molecule has 1 saturated carbocycles. The van der Waals surface area contributed by atoms with Crippen molar-refractivity contribution in [2.24, 2.45) is 11.3 Å². The van der Waals surface area contributed by atoms with Gasteiger partial charge in [0.2, 0.25) is 0 Å². The number of esters is 1. The average molecular weight is 604 g/mol. The van der Waals surface area contributed by atoms with E-state index < -0.39 is 19.1 Å². The molecule has 10 heteroatoms. The standard InChI is InChI=1S/C26H41BrClN3O4Si/c1-25(2,3)35-23(32)26(4,5)17-9-11-18(12-10-17)34-24-29-20-15-19(28)21(27)30-22(20)31(24)16-33-13-14-36(6,7)8/h15,17-18H,9-14,16H2,1-8H3/p+1. The number of carbonyl (C=O) groups excluding carboxylic acids is 1. The van der Waals surface area contributed by atoms with Crippen LogP contribution in [0.3, 0.4) is 0 Å². The molecule has 1 aliphatic rings. The lowest BCUT2D eigenvalue weighted by molar-refractivity contribution is -0.715. The molecule has 0 bridgehead atoms. The normalized spacial score (nSPS) is 19.5. The molecule has 0 amide bonds. The lowest BCUT2D eigenvalue weighted by Gasteiger charge is -2.38. The second kappa shape index (κ2) is 11.3. The van der Waals surface area contributed by atoms with Crippen LogP contribution in [-0.2, 0) is 21.0 Å². The maximum Gasteiger partial charge on any atom is 0.399 e. The van der Waals surface area contributed by atoms with Gasteiger partial charge in [-0.15, -0.1) is 0 Å². The number of halogens is 2. The van der Waals surface area contributed by atoms with Crippen LogP contribution in [0.25, 0.3) is 11.2 Å². The molecule has 0 aliphatic heterocycles. The minimum atomic E-state index is -1.19. The number of rotatable bonds is 9. The highest BCUT2D eigenvalue weighted by molar-refractivity contribution is 9.10. The first-order valence-electron chi connectivity index (χ1n) is 12.8. The third-order valence-corrected chi connectivity index (χ3v) is 9.60. The Labute approximate surface area is 229 Å². The van der Waals surface area contributed by atoms with Crippen molar-refractivity contribution in [3.05, 3.63) is 15.7 Å². The SMILES string of the molecule is CC(C)(C)OC(=O)C(C)(C)C1CCC(Oc2[nH]c3cc(Cl)c(Br)nc3[n+]2COCC[Si](C)(C)C)CC1. The maximum absolute atomic E-state index is 12.8. The summed E-state index contributed by atoms with van der Waals surface area (Å²) in [6.45, 7) is 17.8. The van der Waals surface area contributed by atoms with Gasteiger partial charge in [-0.2, -0.15) is 4.57 Å². The number of hydrogen-bond donors (Lipinski definition) is 1. The van der Waals surface area contributed by atoms with E-state index in [0.717, 1.165) is 42.9 Å². The Bertz CT molecular complexity index is 1070. The first-order valence-corrected chi connectivity index (χ1v) is 17.7. The molecule has 2 aromatic rings. The highest BCUT2D eigenvalue weighted by Gasteiger charge is 2.42. The second-order valence-corrected chi connectivity index (χ2v) is 19.4. The zero-order valence-electron chi connectivity index (χ0n) is 23.0. The molecule has 202 valence electrons. The van der Waals surface area contributed by atoms with E-state index in [2.05, 4.69) is 45.5 Å². The van der Waals surface area contributed by atoms with E-state index in [9.17, 15) is 4.79 Å². The summed E-state index contributed by atoms with van der Waals surface area (Å²) in [6.07, 6.45) is 3.57. The van der Waals surface area contributed by atoms with Crippen molar-refractivity contribution in [1.82, 2.24) is 9.97 Å². The Morgan fingerprint density at radius 3 is 2.42 bits per heavy atom. The van der Waals surface area contributed by atoms with Crippen molar-refractivity contribution < 1.29 is 23.6 Å². The summed E-state index contributed by atoms with van der Waals surface area (Å²) in [7, 11) is -1.19. The predicted molar refractivity (Wildman–Crippen MR) is 149 cm³/mol. The highest BCUT2D eigenvalue weighted by atomic mass is 79.9. The van der Waals surface area contributed by atoms with Crippen molar-refractivity contribution in [2.45, 2.75) is 104 Å². The molecule has 0 aromatic carbocycles. The molecule has 3 rings (SSSR count). The number of H-pyrrole nitrogens is 1. The fourth-order valence-corrected chi connectivity index (χ4v) is 5.61. The predicted octanol–water partition coefficient (Wildman–Crippen LogP) is 6.88. The van der Waals surface area contributed by atoms with Gasteiger partial charge < -0.3 is 14.2 Å². The van der Waals surface area contributed by atoms with E-state index in [1.54, 1.807) is 0 Å². The maximum atomic E-state index is 12.8. The Morgan fingerprint density at radius 2 is 1.83 bits per heavy atom. The monoisotopic (exact) mass is 602 g/mol. The van der Waals surface area contributed by atoms with E-state index in [4.69, 9.17) is 25.8 Å². The van der Waals surface area contributed by atoms with Gasteiger partial charge in [0, 0.05) is 20.7 Å². The smallest absolute Gasteiger partial charge is 0.399 e. The Kier molecular flexibility index (Phi) is 9.22. The van der Waals surface area contributed by atoms with Gasteiger partial charge in [-0.05, 0) is 88.2 Å². The summed E-state index contributed by atoms with van der Waals surface area (Å²) < 4.78 is 20.8. The van der Waals surface area contributed by atoms with Gasteiger partial charge in [-0.1, -0.05) is 36.2 Å². The van der Waals surface area contributed by atoms with Crippen molar-refractivity contribution in [3.8, 4) is 6.01 Å². The van der Waals surface area contributed by atoms with E-state index in [1.165, 1.54) is 0 Å². The number of ether oxygens (including phenoxy) is 3. The number of aromatic nitrogens is 3. The van der Waals surface area contributed by atoms with Gasteiger partial charge in [0.25, 0.3) is 0 Å². The molecule has 1 aliphatic carbocycles. The summed E-state index contributed by atoms with van der Waals surface area (Å²) >= 11 is 9.74. The topological polar surface area (TPSA) is 77.3 Å². The molecule has 1 N–H and O–H groups in total. The Hall–Kier alpha value is -1.16. The fraction of sp³-hybridized carbons (Fsp3) is 0.731. The lowest BCUT2D eigenvalue weighted by Crippen LogP contribution is -2.42. The third-order valence-electron chi connectivity index (χ3n) is 6.77. The second-order valence-electron chi connectivity index (χ2n) is 12.7. The molecule has 0 unspecified atom stereocenters. The molecule has 0 radical (unpaired) electrons. The van der Waals surface area contributed by atoms with Crippen LogP contribution >= 0.6 is 27.5 Å². The Balaban J connectivity index is 1.70. The van der Waals surface area contributed by atoms with Crippen LogP contribution in [-0.4, -0.2) is 42.3 Å². The van der Waals surface area contributed by atoms with Crippen LogP contribution in [0.5, 0.6) is 6.01 Å². The summed E-state index contributed by atoms with van der Waals surface area (Å²) in [5.41, 5.74) is 0.512. The molecule has 7 nitrogen and oxygen atoms in total. The fourth-order valence-electron chi connectivity index (χ4n) is 4.42. The molecular weight excluding hydrogens is 562 g/mol. The number of nitrogens with one attached hydrogen (secondary N) is 1. The number of aromatic amines is 1. The third kappa shape index (κ3) is 7.68. The van der Waals surface area contributed by atoms with E-state index >= 15 is 0 Å². The summed E-state index contributed by atoms with van der Waals surface area (Å²) in [5, 5.41) is 0.534. The van der Waals surface area contributed by atoms with Gasteiger partial charge in [0.05, 0.1) is 10.4 Å². The number of fused-ring (bicyclic) bond motifs is 1. The van der Waals surface area contributed by atoms with Gasteiger partial charge >= 0.3 is 17.6 Å². The van der Waals surface area contributed by atoms with Crippen LogP contribution in [0.2, 0.25) is 30.7 Å². The van der Waals surface area contributed by atoms with Crippen molar-refractivity contribution in [2.75, 3.05) is 6.61 Å². The highest BCUT2D eigenvalue weighted by Crippen LogP contribution is 2.40. The minimum Gasteiger partial charge on any atom is -0.460 e. The minimum absolute atomic E-state index is 0.0379. The lowest BCUT2D eigenvalue weighted by atomic mass is 9.70.